The molecule has 6 heteroatoms. The first-order valence-corrected chi connectivity index (χ1v) is 8.19. The van der Waals surface area contributed by atoms with Crippen LogP contribution < -0.4 is 10.2 Å². The van der Waals surface area contributed by atoms with Crippen molar-refractivity contribution in [2.24, 2.45) is 0 Å². The highest BCUT2D eigenvalue weighted by Gasteiger charge is 2.22. The van der Waals surface area contributed by atoms with E-state index in [9.17, 15) is 14.4 Å². The molecule has 0 atom stereocenters. The lowest BCUT2D eigenvalue weighted by molar-refractivity contribution is -0.117. The molecule has 1 aliphatic rings. The zero-order chi connectivity index (χ0) is 16.4. The molecule has 0 spiro atoms. The summed E-state index contributed by atoms with van der Waals surface area (Å²) in [5.74, 6) is -0.200. The average Bonchev–Trinajstić information content (AvgIpc) is 3.16. The predicted molar refractivity (Wildman–Crippen MR) is 90.3 cm³/mol. The van der Waals surface area contributed by atoms with Crippen molar-refractivity contribution >= 4 is 40.3 Å². The van der Waals surface area contributed by atoms with Crippen LogP contribution in [0.3, 0.4) is 0 Å². The van der Waals surface area contributed by atoms with Crippen LogP contribution in [0.25, 0.3) is 0 Å². The van der Waals surface area contributed by atoms with Gasteiger partial charge in [0.1, 0.15) is 0 Å². The summed E-state index contributed by atoms with van der Waals surface area (Å²) in [5, 5.41) is 2.81. The Bertz CT molecular complexity index is 782. The molecule has 0 radical (unpaired) electrons. The molecule has 1 aromatic carbocycles. The van der Waals surface area contributed by atoms with Crippen molar-refractivity contribution in [2.75, 3.05) is 16.8 Å². The Labute approximate surface area is 137 Å². The molecule has 1 N–H and O–H groups in total. The van der Waals surface area contributed by atoms with E-state index in [2.05, 4.69) is 5.32 Å². The largest absolute Gasteiger partial charge is 0.321 e. The van der Waals surface area contributed by atoms with Crippen LogP contribution in [0.4, 0.5) is 11.4 Å². The zero-order valence-electron chi connectivity index (χ0n) is 12.7. The number of hydrogen-bond donors (Lipinski definition) is 1. The van der Waals surface area contributed by atoms with Crippen molar-refractivity contribution in [3.63, 3.8) is 0 Å². The van der Waals surface area contributed by atoms with Crippen LogP contribution in [-0.2, 0) is 4.79 Å². The van der Waals surface area contributed by atoms with Gasteiger partial charge in [-0.1, -0.05) is 6.07 Å². The molecular weight excluding hydrogens is 312 g/mol. The third-order valence-corrected chi connectivity index (χ3v) is 4.85. The second-order valence-corrected chi connectivity index (χ2v) is 6.46. The molecule has 1 saturated heterocycles. The molecule has 0 aliphatic carbocycles. The number of anilines is 2. The smallest absolute Gasteiger partial charge is 0.265 e. The predicted octanol–water partition coefficient (Wildman–Crippen LogP) is 3.33. The summed E-state index contributed by atoms with van der Waals surface area (Å²) in [5.41, 5.74) is 1.42. The van der Waals surface area contributed by atoms with Gasteiger partial charge in [0.2, 0.25) is 5.91 Å². The van der Waals surface area contributed by atoms with Gasteiger partial charge < -0.3 is 10.2 Å². The number of nitrogens with one attached hydrogen (secondary N) is 1. The SMILES string of the molecule is CC(=O)c1ccc(C(=O)Nc2cccc(N3CCCC3=O)c2)s1. The van der Waals surface area contributed by atoms with Crippen molar-refractivity contribution < 1.29 is 14.4 Å². The second-order valence-electron chi connectivity index (χ2n) is 5.37. The number of rotatable bonds is 4. The fourth-order valence-corrected chi connectivity index (χ4v) is 3.31. The Hall–Kier alpha value is -2.47. The lowest BCUT2D eigenvalue weighted by atomic mass is 10.2. The van der Waals surface area contributed by atoms with E-state index in [1.165, 1.54) is 18.3 Å². The van der Waals surface area contributed by atoms with Gasteiger partial charge in [0.25, 0.3) is 5.91 Å². The maximum Gasteiger partial charge on any atom is 0.265 e. The third kappa shape index (κ3) is 3.32. The summed E-state index contributed by atoms with van der Waals surface area (Å²) in [7, 11) is 0. The molecule has 0 unspecified atom stereocenters. The van der Waals surface area contributed by atoms with E-state index in [-0.39, 0.29) is 17.6 Å². The van der Waals surface area contributed by atoms with Crippen LogP contribution in [0.15, 0.2) is 36.4 Å². The number of nitrogens with zero attached hydrogens (tertiary/aromatic N) is 1. The molecular formula is C17H16N2O3S. The quantitative estimate of drug-likeness (QED) is 0.876. The minimum absolute atomic E-state index is 0.0522. The van der Waals surface area contributed by atoms with Crippen molar-refractivity contribution in [3.05, 3.63) is 46.2 Å². The average molecular weight is 328 g/mol. The molecule has 5 nitrogen and oxygen atoms in total. The number of carbonyl (C=O) groups excluding carboxylic acids is 3. The Morgan fingerprint density at radius 3 is 2.61 bits per heavy atom. The number of thiophene rings is 1. The molecule has 118 valence electrons. The number of benzene rings is 1. The summed E-state index contributed by atoms with van der Waals surface area (Å²) in [6, 6.07) is 10.5. The molecule has 2 heterocycles. The number of hydrogen-bond acceptors (Lipinski definition) is 4. The van der Waals surface area contributed by atoms with E-state index in [1.54, 1.807) is 29.2 Å². The topological polar surface area (TPSA) is 66.5 Å². The van der Waals surface area contributed by atoms with Crippen LogP contribution in [0.1, 0.15) is 39.1 Å². The first-order chi connectivity index (χ1) is 11.0. The normalized spacial score (nSPS) is 14.1. The Morgan fingerprint density at radius 2 is 1.96 bits per heavy atom. The third-order valence-electron chi connectivity index (χ3n) is 3.67. The fourth-order valence-electron chi connectivity index (χ4n) is 2.51. The van der Waals surface area contributed by atoms with Gasteiger partial charge in [-0.2, -0.15) is 0 Å². The van der Waals surface area contributed by atoms with E-state index in [0.717, 1.165) is 12.1 Å². The van der Waals surface area contributed by atoms with Crippen LogP contribution in [0, 0.1) is 0 Å². The van der Waals surface area contributed by atoms with Crippen LogP contribution in [0.2, 0.25) is 0 Å². The highest BCUT2D eigenvalue weighted by Crippen LogP contribution is 2.25. The minimum Gasteiger partial charge on any atom is -0.321 e. The zero-order valence-corrected chi connectivity index (χ0v) is 13.5. The number of carbonyl (C=O) groups is 3. The van der Waals surface area contributed by atoms with Gasteiger partial charge in [-0.25, -0.2) is 0 Å². The highest BCUT2D eigenvalue weighted by molar-refractivity contribution is 7.16. The van der Waals surface area contributed by atoms with E-state index in [4.69, 9.17) is 0 Å². The van der Waals surface area contributed by atoms with Gasteiger partial charge in [-0.3, -0.25) is 14.4 Å². The van der Waals surface area contributed by atoms with Crippen LogP contribution >= 0.6 is 11.3 Å². The van der Waals surface area contributed by atoms with Gasteiger partial charge in [0, 0.05) is 24.3 Å². The summed E-state index contributed by atoms with van der Waals surface area (Å²) in [4.78, 5) is 38.1. The summed E-state index contributed by atoms with van der Waals surface area (Å²) < 4.78 is 0. The van der Waals surface area contributed by atoms with Crippen LogP contribution in [0.5, 0.6) is 0 Å². The fraction of sp³-hybridized carbons (Fsp3) is 0.235. The van der Waals surface area contributed by atoms with Crippen molar-refractivity contribution in [1.29, 1.82) is 0 Å². The Balaban J connectivity index is 1.75. The van der Waals surface area contributed by atoms with Gasteiger partial charge in [-0.05, 0) is 43.7 Å². The number of Topliss-reactive ketones (excluding diaryl/α,β-unsaturated/α-hetero) is 1. The van der Waals surface area contributed by atoms with Gasteiger partial charge in [0.15, 0.2) is 5.78 Å². The molecule has 3 rings (SSSR count). The summed E-state index contributed by atoms with van der Waals surface area (Å²) >= 11 is 1.17. The molecule has 1 aromatic heterocycles. The van der Waals surface area contributed by atoms with E-state index in [1.807, 2.05) is 12.1 Å². The monoisotopic (exact) mass is 328 g/mol. The summed E-state index contributed by atoms with van der Waals surface area (Å²) in [6.45, 7) is 2.19. The molecule has 2 aromatic rings. The van der Waals surface area contributed by atoms with Gasteiger partial charge in [0.05, 0.1) is 9.75 Å². The van der Waals surface area contributed by atoms with E-state index in [0.29, 0.717) is 28.4 Å². The lowest BCUT2D eigenvalue weighted by Gasteiger charge is -2.16. The lowest BCUT2D eigenvalue weighted by Crippen LogP contribution is -2.23. The maximum atomic E-state index is 12.3. The number of ketones is 1. The Morgan fingerprint density at radius 1 is 1.17 bits per heavy atom. The van der Waals surface area contributed by atoms with Crippen molar-refractivity contribution in [1.82, 2.24) is 0 Å². The van der Waals surface area contributed by atoms with Gasteiger partial charge in [-0.15, -0.1) is 11.3 Å². The molecule has 0 bridgehead atoms. The second kappa shape index (κ2) is 6.34. The van der Waals surface area contributed by atoms with E-state index >= 15 is 0 Å². The Kier molecular flexibility index (Phi) is 4.25. The number of amides is 2. The first kappa shape index (κ1) is 15.4. The minimum atomic E-state index is -0.257. The summed E-state index contributed by atoms with van der Waals surface area (Å²) in [6.07, 6.45) is 1.43. The molecule has 1 aliphatic heterocycles. The van der Waals surface area contributed by atoms with Crippen molar-refractivity contribution in [2.45, 2.75) is 19.8 Å². The molecule has 1 fully saturated rings. The molecule has 2 amide bonds. The van der Waals surface area contributed by atoms with Crippen LogP contribution in [-0.4, -0.2) is 24.1 Å². The standard InChI is InChI=1S/C17H16N2O3S/c1-11(20)14-7-8-15(23-14)17(22)18-12-4-2-5-13(10-12)19-9-3-6-16(19)21/h2,4-5,7-8,10H,3,6,9H2,1H3,(H,18,22). The van der Waals surface area contributed by atoms with E-state index < -0.39 is 0 Å². The van der Waals surface area contributed by atoms with Gasteiger partial charge >= 0.3 is 0 Å². The first-order valence-electron chi connectivity index (χ1n) is 7.37. The maximum absolute atomic E-state index is 12.3. The van der Waals surface area contributed by atoms with Crippen molar-refractivity contribution in [3.8, 4) is 0 Å². The molecule has 23 heavy (non-hydrogen) atoms. The highest BCUT2D eigenvalue weighted by atomic mass is 32.1. The molecule has 0 saturated carbocycles.